The number of anilines is 1. The van der Waals surface area contributed by atoms with Gasteiger partial charge in [-0.1, -0.05) is 11.6 Å². The first kappa shape index (κ1) is 19.5. The van der Waals surface area contributed by atoms with Gasteiger partial charge in [-0.05, 0) is 48.9 Å². The topological polar surface area (TPSA) is 102 Å². The number of halogens is 1. The molecule has 3 rings (SSSR count). The molecule has 2 N–H and O–H groups in total. The summed E-state index contributed by atoms with van der Waals surface area (Å²) in [6.45, 7) is 1.61. The molecule has 0 unspecified atom stereocenters. The highest BCUT2D eigenvalue weighted by molar-refractivity contribution is 7.92. The largest absolute Gasteiger partial charge is 0.492 e. The fourth-order valence-corrected chi connectivity index (χ4v) is 4.09. The molecule has 7 nitrogen and oxygen atoms in total. The Morgan fingerprint density at radius 1 is 1.26 bits per heavy atom. The maximum Gasteiger partial charge on any atom is 0.335 e. The molecular formula is C18H18ClNO6S. The molecule has 1 aliphatic heterocycles. The van der Waals surface area contributed by atoms with E-state index >= 15 is 0 Å². The highest BCUT2D eigenvalue weighted by atomic mass is 35.5. The van der Waals surface area contributed by atoms with Gasteiger partial charge in [0.1, 0.15) is 10.6 Å². The van der Waals surface area contributed by atoms with Gasteiger partial charge >= 0.3 is 5.97 Å². The van der Waals surface area contributed by atoms with Crippen molar-refractivity contribution in [1.29, 1.82) is 0 Å². The summed E-state index contributed by atoms with van der Waals surface area (Å²) in [5, 5.41) is 9.18. The Morgan fingerprint density at radius 3 is 2.63 bits per heavy atom. The van der Waals surface area contributed by atoms with Crippen LogP contribution in [0.25, 0.3) is 0 Å². The molecular weight excluding hydrogens is 394 g/mol. The van der Waals surface area contributed by atoms with Crippen molar-refractivity contribution in [2.75, 3.05) is 24.5 Å². The smallest absolute Gasteiger partial charge is 0.335 e. The second-order valence-electron chi connectivity index (χ2n) is 6.12. The van der Waals surface area contributed by atoms with E-state index < -0.39 is 16.0 Å². The molecule has 0 aromatic heterocycles. The quantitative estimate of drug-likeness (QED) is 0.725. The van der Waals surface area contributed by atoms with Crippen LogP contribution in [0.2, 0.25) is 5.02 Å². The van der Waals surface area contributed by atoms with Gasteiger partial charge in [-0.15, -0.1) is 0 Å². The van der Waals surface area contributed by atoms with Crippen LogP contribution in [0.1, 0.15) is 16.8 Å². The van der Waals surface area contributed by atoms with E-state index in [0.717, 1.165) is 6.42 Å². The molecule has 0 amide bonds. The predicted molar refractivity (Wildman–Crippen MR) is 100 cm³/mol. The van der Waals surface area contributed by atoms with E-state index in [-0.39, 0.29) is 32.8 Å². The van der Waals surface area contributed by atoms with Gasteiger partial charge in [0, 0.05) is 23.2 Å². The van der Waals surface area contributed by atoms with Crippen molar-refractivity contribution in [3.8, 4) is 5.75 Å². The van der Waals surface area contributed by atoms with E-state index in [0.29, 0.717) is 19.8 Å². The average Bonchev–Trinajstić information content (AvgIpc) is 3.14. The number of benzene rings is 2. The SMILES string of the molecule is O=C(O)c1ccc(NS(=O)(=O)c2cc(Cl)ccc2OC[C@H]2CCOC2)cc1. The van der Waals surface area contributed by atoms with Gasteiger partial charge in [-0.2, -0.15) is 0 Å². The van der Waals surface area contributed by atoms with Crippen LogP contribution in [0, 0.1) is 5.92 Å². The Morgan fingerprint density at radius 2 is 2.00 bits per heavy atom. The molecule has 1 aliphatic rings. The van der Waals surface area contributed by atoms with Gasteiger partial charge in [0.05, 0.1) is 18.8 Å². The molecule has 27 heavy (non-hydrogen) atoms. The van der Waals surface area contributed by atoms with E-state index in [1.807, 2.05) is 0 Å². The number of carbonyl (C=O) groups is 1. The second-order valence-corrected chi connectivity index (χ2v) is 8.21. The van der Waals surface area contributed by atoms with Crippen LogP contribution in [0.15, 0.2) is 47.4 Å². The zero-order chi connectivity index (χ0) is 19.4. The molecule has 0 spiro atoms. The van der Waals surface area contributed by atoms with Crippen LogP contribution in [0.3, 0.4) is 0 Å². The first-order chi connectivity index (χ1) is 12.8. The van der Waals surface area contributed by atoms with Crippen LogP contribution < -0.4 is 9.46 Å². The number of hydrogen-bond acceptors (Lipinski definition) is 5. The van der Waals surface area contributed by atoms with Crippen molar-refractivity contribution in [3.63, 3.8) is 0 Å². The molecule has 0 radical (unpaired) electrons. The Labute approximate surface area is 161 Å². The number of rotatable bonds is 7. The molecule has 2 aromatic rings. The number of sulfonamides is 1. The Hall–Kier alpha value is -2.29. The first-order valence-electron chi connectivity index (χ1n) is 8.21. The summed E-state index contributed by atoms with van der Waals surface area (Å²) in [6, 6.07) is 9.77. The molecule has 0 bridgehead atoms. The van der Waals surface area contributed by atoms with Crippen molar-refractivity contribution < 1.29 is 27.8 Å². The number of carboxylic acid groups (broad SMARTS) is 1. The van der Waals surface area contributed by atoms with E-state index in [9.17, 15) is 13.2 Å². The van der Waals surface area contributed by atoms with Gasteiger partial charge < -0.3 is 14.6 Å². The summed E-state index contributed by atoms with van der Waals surface area (Å²) in [5.41, 5.74) is 0.290. The van der Waals surface area contributed by atoms with Crippen molar-refractivity contribution in [2.45, 2.75) is 11.3 Å². The average molecular weight is 412 g/mol. The van der Waals surface area contributed by atoms with E-state index in [4.69, 9.17) is 26.2 Å². The van der Waals surface area contributed by atoms with Gasteiger partial charge in [0.25, 0.3) is 10.0 Å². The summed E-state index contributed by atoms with van der Waals surface area (Å²) < 4.78 is 39.0. The molecule has 0 saturated carbocycles. The molecule has 1 heterocycles. The van der Waals surface area contributed by atoms with Crippen molar-refractivity contribution >= 4 is 33.3 Å². The minimum absolute atomic E-state index is 0.0588. The molecule has 1 atom stereocenters. The van der Waals surface area contributed by atoms with Crippen LogP contribution >= 0.6 is 11.6 Å². The Bertz CT molecular complexity index is 923. The first-order valence-corrected chi connectivity index (χ1v) is 10.1. The van der Waals surface area contributed by atoms with Crippen LogP contribution in [0.5, 0.6) is 5.75 Å². The minimum atomic E-state index is -3.98. The zero-order valence-electron chi connectivity index (χ0n) is 14.2. The number of nitrogens with one attached hydrogen (secondary N) is 1. The number of hydrogen-bond donors (Lipinski definition) is 2. The normalized spacial score (nSPS) is 16.9. The Balaban J connectivity index is 1.81. The highest BCUT2D eigenvalue weighted by Gasteiger charge is 2.23. The lowest BCUT2D eigenvalue weighted by Crippen LogP contribution is -2.17. The van der Waals surface area contributed by atoms with Crippen molar-refractivity contribution in [1.82, 2.24) is 0 Å². The third-order valence-corrected chi connectivity index (χ3v) is 5.72. The molecule has 2 aromatic carbocycles. The maximum atomic E-state index is 12.8. The fraction of sp³-hybridized carbons (Fsp3) is 0.278. The lowest BCUT2D eigenvalue weighted by molar-refractivity contribution is 0.0697. The summed E-state index contributed by atoms with van der Waals surface area (Å²) in [7, 11) is -3.98. The van der Waals surface area contributed by atoms with Crippen LogP contribution in [-0.2, 0) is 14.8 Å². The second kappa shape index (κ2) is 8.16. The summed E-state index contributed by atoms with van der Waals surface area (Å²) in [6.07, 6.45) is 0.865. The van der Waals surface area contributed by atoms with Crippen molar-refractivity contribution in [3.05, 3.63) is 53.1 Å². The minimum Gasteiger partial charge on any atom is -0.492 e. The standard InChI is InChI=1S/C18H18ClNO6S/c19-14-3-6-16(26-11-12-7-8-25-10-12)17(9-14)27(23,24)20-15-4-1-13(2-5-15)18(21)22/h1-6,9,12,20H,7-8,10-11H2,(H,21,22)/t12-/m0/s1. The number of ether oxygens (including phenoxy) is 2. The van der Waals surface area contributed by atoms with Crippen molar-refractivity contribution in [2.24, 2.45) is 5.92 Å². The molecule has 1 fully saturated rings. The van der Waals surface area contributed by atoms with Crippen LogP contribution in [-0.4, -0.2) is 39.3 Å². The van der Waals surface area contributed by atoms with Gasteiger partial charge in [0.15, 0.2) is 0 Å². The Kier molecular flexibility index (Phi) is 5.88. The predicted octanol–water partition coefficient (Wildman–Crippen LogP) is 3.25. The molecule has 0 aliphatic carbocycles. The summed E-state index contributed by atoms with van der Waals surface area (Å²) >= 11 is 5.98. The van der Waals surface area contributed by atoms with Gasteiger partial charge in [0.2, 0.25) is 0 Å². The zero-order valence-corrected chi connectivity index (χ0v) is 15.8. The number of carboxylic acids is 1. The monoisotopic (exact) mass is 411 g/mol. The van der Waals surface area contributed by atoms with Gasteiger partial charge in [-0.3, -0.25) is 4.72 Å². The van der Waals surface area contributed by atoms with Gasteiger partial charge in [-0.25, -0.2) is 13.2 Å². The molecule has 1 saturated heterocycles. The molecule has 144 valence electrons. The highest BCUT2D eigenvalue weighted by Crippen LogP contribution is 2.30. The third kappa shape index (κ3) is 4.91. The fourth-order valence-electron chi connectivity index (χ4n) is 2.62. The lowest BCUT2D eigenvalue weighted by atomic mass is 10.1. The lowest BCUT2D eigenvalue weighted by Gasteiger charge is -2.15. The van der Waals surface area contributed by atoms with E-state index in [1.165, 1.54) is 36.4 Å². The molecule has 9 heteroatoms. The van der Waals surface area contributed by atoms with E-state index in [1.54, 1.807) is 6.07 Å². The number of aromatic carboxylic acids is 1. The maximum absolute atomic E-state index is 12.8. The summed E-state index contributed by atoms with van der Waals surface area (Å²) in [5.74, 6) is -0.681. The summed E-state index contributed by atoms with van der Waals surface area (Å²) in [4.78, 5) is 10.8. The van der Waals surface area contributed by atoms with E-state index in [2.05, 4.69) is 4.72 Å². The third-order valence-electron chi connectivity index (χ3n) is 4.08. The van der Waals surface area contributed by atoms with Crippen LogP contribution in [0.4, 0.5) is 5.69 Å².